The number of carbonyl (C=O) groups excluding carboxylic acids is 4. The van der Waals surface area contributed by atoms with Crippen LogP contribution in [0.4, 0.5) is 0 Å². The average molecular weight is 538 g/mol. The highest BCUT2D eigenvalue weighted by Crippen LogP contribution is 2.23. The van der Waals surface area contributed by atoms with Gasteiger partial charge in [0.1, 0.15) is 18.4 Å². The molecule has 0 aromatic carbocycles. The van der Waals surface area contributed by atoms with E-state index in [1.165, 1.54) is 12.8 Å². The number of likely N-dealkylation sites (N-methyl/N-ethyl adjacent to an activating group) is 1. The van der Waals surface area contributed by atoms with Crippen molar-refractivity contribution in [2.75, 3.05) is 20.7 Å². The van der Waals surface area contributed by atoms with E-state index in [4.69, 9.17) is 4.74 Å². The predicted octanol–water partition coefficient (Wildman–Crippen LogP) is 4.81. The van der Waals surface area contributed by atoms with Crippen LogP contribution in [-0.2, 0) is 23.9 Å². The molecule has 0 aliphatic heterocycles. The molecule has 0 aromatic heterocycles. The van der Waals surface area contributed by atoms with Gasteiger partial charge in [0.2, 0.25) is 11.8 Å². The minimum absolute atomic E-state index is 0.0760. The molecule has 38 heavy (non-hydrogen) atoms. The third-order valence-electron chi connectivity index (χ3n) is 7.25. The van der Waals surface area contributed by atoms with Crippen molar-refractivity contribution in [2.45, 2.75) is 123 Å². The summed E-state index contributed by atoms with van der Waals surface area (Å²) in [4.78, 5) is 53.5. The van der Waals surface area contributed by atoms with Gasteiger partial charge in [0.15, 0.2) is 0 Å². The van der Waals surface area contributed by atoms with E-state index < -0.39 is 29.5 Å². The third kappa shape index (κ3) is 13.0. The molecule has 0 saturated heterocycles. The van der Waals surface area contributed by atoms with Crippen molar-refractivity contribution in [3.63, 3.8) is 0 Å². The number of unbranched alkanes of at least 4 members (excludes halogenated alkanes) is 4. The van der Waals surface area contributed by atoms with Crippen LogP contribution in [0.5, 0.6) is 0 Å². The third-order valence-corrected chi connectivity index (χ3v) is 7.25. The molecule has 0 bridgehead atoms. The smallest absolute Gasteiger partial charge is 0.328 e. The molecular weight excluding hydrogens is 482 g/mol. The van der Waals surface area contributed by atoms with Gasteiger partial charge in [-0.05, 0) is 59.0 Å². The van der Waals surface area contributed by atoms with Crippen LogP contribution >= 0.6 is 0 Å². The zero-order valence-corrected chi connectivity index (χ0v) is 25.1. The molecule has 0 saturated carbocycles. The van der Waals surface area contributed by atoms with Crippen LogP contribution in [0, 0.1) is 11.8 Å². The SMILES string of the molecule is C=CCCC(CCCCCCC)C(=O)N[C@@H](CC(C)C)C(=O)N[C@@H](CC(C=O)(CC)N(C)C)C(=O)OCC. The van der Waals surface area contributed by atoms with Gasteiger partial charge in [0, 0.05) is 12.3 Å². The first-order valence-corrected chi connectivity index (χ1v) is 14.5. The molecule has 2 unspecified atom stereocenters. The molecule has 0 aliphatic rings. The summed E-state index contributed by atoms with van der Waals surface area (Å²) in [6.07, 6.45) is 11.4. The molecule has 2 N–H and O–H groups in total. The van der Waals surface area contributed by atoms with Crippen LogP contribution < -0.4 is 10.6 Å². The van der Waals surface area contributed by atoms with Crippen molar-refractivity contribution >= 4 is 24.1 Å². The molecule has 0 fully saturated rings. The molecule has 220 valence electrons. The van der Waals surface area contributed by atoms with E-state index in [-0.39, 0.29) is 30.8 Å². The first kappa shape index (κ1) is 35.8. The van der Waals surface area contributed by atoms with Crippen LogP contribution in [0.25, 0.3) is 0 Å². The van der Waals surface area contributed by atoms with Crippen molar-refractivity contribution in [3.8, 4) is 0 Å². The quantitative estimate of drug-likeness (QED) is 0.0889. The normalized spacial score (nSPS) is 15.3. The number of carbonyl (C=O) groups is 4. The molecule has 8 heteroatoms. The van der Waals surface area contributed by atoms with E-state index in [1.807, 2.05) is 26.8 Å². The van der Waals surface area contributed by atoms with Gasteiger partial charge in [-0.25, -0.2) is 4.79 Å². The van der Waals surface area contributed by atoms with Gasteiger partial charge >= 0.3 is 5.97 Å². The van der Waals surface area contributed by atoms with Crippen molar-refractivity contribution in [2.24, 2.45) is 11.8 Å². The highest BCUT2D eigenvalue weighted by Gasteiger charge is 2.38. The van der Waals surface area contributed by atoms with E-state index in [0.717, 1.165) is 38.4 Å². The lowest BCUT2D eigenvalue weighted by Gasteiger charge is -2.36. The predicted molar refractivity (Wildman–Crippen MR) is 154 cm³/mol. The summed E-state index contributed by atoms with van der Waals surface area (Å²) in [5, 5.41) is 5.79. The lowest BCUT2D eigenvalue weighted by molar-refractivity contribution is -0.149. The fourth-order valence-corrected chi connectivity index (χ4v) is 4.65. The number of hydrogen-bond acceptors (Lipinski definition) is 6. The largest absolute Gasteiger partial charge is 0.464 e. The molecular formula is C30H55N3O5. The maximum absolute atomic E-state index is 13.5. The minimum atomic E-state index is -1.02. The molecule has 8 nitrogen and oxygen atoms in total. The fraction of sp³-hybridized carbons (Fsp3) is 0.800. The van der Waals surface area contributed by atoms with Crippen LogP contribution in [0.2, 0.25) is 0 Å². The van der Waals surface area contributed by atoms with E-state index in [2.05, 4.69) is 24.1 Å². The van der Waals surface area contributed by atoms with Crippen molar-refractivity contribution in [1.29, 1.82) is 0 Å². The number of esters is 1. The van der Waals surface area contributed by atoms with Crippen LogP contribution in [0.1, 0.15) is 105 Å². The first-order chi connectivity index (χ1) is 18.0. The summed E-state index contributed by atoms with van der Waals surface area (Å²) < 4.78 is 5.23. The Labute approximate surface area is 231 Å². The fourth-order valence-electron chi connectivity index (χ4n) is 4.65. The van der Waals surface area contributed by atoms with Crippen molar-refractivity contribution < 1.29 is 23.9 Å². The van der Waals surface area contributed by atoms with Gasteiger partial charge < -0.3 is 20.2 Å². The van der Waals surface area contributed by atoms with Crippen LogP contribution in [0.3, 0.4) is 0 Å². The maximum atomic E-state index is 13.5. The zero-order chi connectivity index (χ0) is 29.1. The Balaban J connectivity index is 5.74. The van der Waals surface area contributed by atoms with Crippen LogP contribution in [-0.4, -0.2) is 67.3 Å². The molecule has 0 rings (SSSR count). The molecule has 0 aliphatic carbocycles. The monoisotopic (exact) mass is 537 g/mol. The second-order valence-corrected chi connectivity index (χ2v) is 10.9. The number of ether oxygens (including phenoxy) is 1. The summed E-state index contributed by atoms with van der Waals surface area (Å²) in [6.45, 7) is 13.7. The van der Waals surface area contributed by atoms with Crippen LogP contribution in [0.15, 0.2) is 12.7 Å². The molecule has 2 amide bonds. The Morgan fingerprint density at radius 3 is 2.08 bits per heavy atom. The van der Waals surface area contributed by atoms with Crippen molar-refractivity contribution in [3.05, 3.63) is 12.7 Å². The molecule has 0 radical (unpaired) electrons. The average Bonchev–Trinajstić information content (AvgIpc) is 2.87. The van der Waals surface area contributed by atoms with E-state index in [9.17, 15) is 19.2 Å². The number of aldehydes is 1. The van der Waals surface area contributed by atoms with Gasteiger partial charge in [-0.1, -0.05) is 65.9 Å². The Bertz CT molecular complexity index is 725. The van der Waals surface area contributed by atoms with Gasteiger partial charge in [0.25, 0.3) is 0 Å². The molecule has 0 heterocycles. The Kier molecular flexibility index (Phi) is 18.6. The van der Waals surface area contributed by atoms with Gasteiger partial charge in [-0.2, -0.15) is 0 Å². The number of rotatable bonds is 22. The lowest BCUT2D eigenvalue weighted by Crippen LogP contribution is -2.57. The van der Waals surface area contributed by atoms with Crippen molar-refractivity contribution in [1.82, 2.24) is 15.5 Å². The zero-order valence-electron chi connectivity index (χ0n) is 25.1. The topological polar surface area (TPSA) is 105 Å². The Hall–Kier alpha value is -2.22. The lowest BCUT2D eigenvalue weighted by atomic mass is 9.88. The molecule has 4 atom stereocenters. The number of nitrogens with one attached hydrogen (secondary N) is 2. The summed E-state index contributed by atoms with van der Waals surface area (Å²) >= 11 is 0. The van der Waals surface area contributed by atoms with Gasteiger partial charge in [-0.15, -0.1) is 6.58 Å². The minimum Gasteiger partial charge on any atom is -0.464 e. The Morgan fingerprint density at radius 2 is 1.58 bits per heavy atom. The Morgan fingerprint density at radius 1 is 0.947 bits per heavy atom. The molecule has 0 spiro atoms. The second kappa shape index (κ2) is 19.8. The highest BCUT2D eigenvalue weighted by molar-refractivity contribution is 5.91. The van der Waals surface area contributed by atoms with Gasteiger partial charge in [0.05, 0.1) is 12.1 Å². The summed E-state index contributed by atoms with van der Waals surface area (Å²) in [5.74, 6) is -1.23. The summed E-state index contributed by atoms with van der Waals surface area (Å²) in [5.41, 5.74) is -0.935. The number of hydrogen-bond donors (Lipinski definition) is 2. The molecule has 0 aromatic rings. The summed E-state index contributed by atoms with van der Waals surface area (Å²) in [6, 6.07) is -1.81. The standard InChI is InChI=1S/C30H55N3O5/c1-9-13-15-16-17-19-24(18-14-10-2)27(35)31-25(20-23(5)6)28(36)32-26(29(37)38-12-4)21-30(11-3,22-34)33(7)8/h10,22-26H,2,9,11-21H2,1,3-8H3,(H,31,35)(H,32,36)/t24?,25-,26-,30?/m0/s1. The maximum Gasteiger partial charge on any atom is 0.328 e. The second-order valence-electron chi connectivity index (χ2n) is 10.9. The van der Waals surface area contributed by atoms with Gasteiger partial charge in [-0.3, -0.25) is 14.5 Å². The van der Waals surface area contributed by atoms with E-state index in [0.29, 0.717) is 19.3 Å². The number of nitrogens with zero attached hydrogens (tertiary/aromatic N) is 1. The highest BCUT2D eigenvalue weighted by atomic mass is 16.5. The van der Waals surface area contributed by atoms with E-state index >= 15 is 0 Å². The number of allylic oxidation sites excluding steroid dienone is 1. The first-order valence-electron chi connectivity index (χ1n) is 14.5. The number of amides is 2. The summed E-state index contributed by atoms with van der Waals surface area (Å²) in [7, 11) is 3.55. The van der Waals surface area contributed by atoms with E-state index in [1.54, 1.807) is 25.9 Å².